The fourth-order valence-electron chi connectivity index (χ4n) is 5.28. The first-order chi connectivity index (χ1) is 15.8. The van der Waals surface area contributed by atoms with Crippen molar-refractivity contribution < 1.29 is 19.2 Å². The maximum atomic E-state index is 13.7. The highest BCUT2D eigenvalue weighted by molar-refractivity contribution is 6.36. The predicted octanol–water partition coefficient (Wildman–Crippen LogP) is 4.43. The van der Waals surface area contributed by atoms with Gasteiger partial charge in [-0.05, 0) is 43.4 Å². The Balaban J connectivity index is 1.57. The molecule has 5 atom stereocenters. The van der Waals surface area contributed by atoms with E-state index in [-0.39, 0.29) is 22.4 Å². The van der Waals surface area contributed by atoms with E-state index in [1.807, 2.05) is 12.2 Å². The second-order valence-corrected chi connectivity index (χ2v) is 9.51. The van der Waals surface area contributed by atoms with Crippen molar-refractivity contribution in [2.24, 2.45) is 23.7 Å². The van der Waals surface area contributed by atoms with Gasteiger partial charge < -0.3 is 0 Å². The Bertz CT molecular complexity index is 1180. The molecule has 1 aliphatic heterocycles. The van der Waals surface area contributed by atoms with Gasteiger partial charge >= 0.3 is 0 Å². The smallest absolute Gasteiger partial charge is 0.275 e. The first-order valence-electron chi connectivity index (χ1n) is 10.7. The molecule has 1 saturated carbocycles. The summed E-state index contributed by atoms with van der Waals surface area (Å²) in [6.45, 7) is 1.51. The van der Waals surface area contributed by atoms with E-state index < -0.39 is 41.4 Å². The van der Waals surface area contributed by atoms with Crippen LogP contribution in [0.4, 0.5) is 0 Å². The number of halogens is 2. The average molecular weight is 483 g/mol. The standard InChI is InChI=1S/C25H20Cl2N2O4/c1-13(22(30)14-5-3-2-4-6-14)28(23(31)18-10-9-17(26)12-19(18)27)29-24(32)20-15-7-8-16(11-15)21(20)25(29)33/h2-10,12-13,15-16,20-21H,11H2,1H3/t13-,15+,16+,20+,21+/m1/s1. The minimum atomic E-state index is -1.12. The summed E-state index contributed by atoms with van der Waals surface area (Å²) in [6.07, 6.45) is 4.71. The fraction of sp³-hybridized carbons (Fsp3) is 0.280. The third-order valence-corrected chi connectivity index (χ3v) is 7.38. The molecule has 6 nitrogen and oxygen atoms in total. The van der Waals surface area contributed by atoms with Gasteiger partial charge in [0.05, 0.1) is 22.4 Å². The molecule has 3 amide bonds. The van der Waals surface area contributed by atoms with E-state index in [1.54, 1.807) is 30.3 Å². The van der Waals surface area contributed by atoms with Gasteiger partial charge in [0.1, 0.15) is 6.04 Å². The summed E-state index contributed by atoms with van der Waals surface area (Å²) in [5.41, 5.74) is 0.415. The molecule has 2 aromatic rings. The van der Waals surface area contributed by atoms with E-state index in [0.29, 0.717) is 10.6 Å². The summed E-state index contributed by atoms with van der Waals surface area (Å²) in [7, 11) is 0. The summed E-state index contributed by atoms with van der Waals surface area (Å²) in [5.74, 6) is -3.09. The third kappa shape index (κ3) is 3.40. The molecule has 8 heteroatoms. The van der Waals surface area contributed by atoms with Gasteiger partial charge in [0.25, 0.3) is 17.7 Å². The monoisotopic (exact) mass is 482 g/mol. The number of Topliss-reactive ketones (excluding diaryl/α,β-unsaturated/α-hetero) is 1. The van der Waals surface area contributed by atoms with Crippen LogP contribution in [0.15, 0.2) is 60.7 Å². The number of carbonyl (C=O) groups excluding carboxylic acids is 4. The molecular weight excluding hydrogens is 463 g/mol. The highest BCUT2D eigenvalue weighted by Gasteiger charge is 2.61. The number of hydrogen-bond acceptors (Lipinski definition) is 4. The SMILES string of the molecule is C[C@H](C(=O)c1ccccc1)N(C(=O)c1ccc(Cl)cc1Cl)N1C(=O)[C@@H]2[C@@H](C1=O)[C@H]1C=C[C@H]2C1. The zero-order valence-electron chi connectivity index (χ0n) is 17.7. The number of fused-ring (bicyclic) bond motifs is 5. The normalized spacial score (nSPS) is 26.0. The molecule has 2 aromatic carbocycles. The van der Waals surface area contributed by atoms with Gasteiger partial charge in [-0.15, -0.1) is 0 Å². The van der Waals surface area contributed by atoms with Crippen molar-refractivity contribution in [2.75, 3.05) is 0 Å². The molecule has 5 rings (SSSR count). The average Bonchev–Trinajstić information content (AvgIpc) is 3.49. The first-order valence-corrected chi connectivity index (χ1v) is 11.5. The van der Waals surface area contributed by atoms with Crippen molar-refractivity contribution in [3.8, 4) is 0 Å². The van der Waals surface area contributed by atoms with Gasteiger partial charge in [-0.2, -0.15) is 5.01 Å². The van der Waals surface area contributed by atoms with Crippen LogP contribution in [0.5, 0.6) is 0 Å². The summed E-state index contributed by atoms with van der Waals surface area (Å²) in [6, 6.07) is 11.7. The van der Waals surface area contributed by atoms with E-state index in [0.717, 1.165) is 16.4 Å². The molecule has 0 spiro atoms. The largest absolute Gasteiger partial charge is 0.292 e. The number of carbonyl (C=O) groups is 4. The Kier molecular flexibility index (Phi) is 5.38. The van der Waals surface area contributed by atoms with Crippen LogP contribution in [-0.4, -0.2) is 39.6 Å². The second kappa shape index (κ2) is 8.12. The van der Waals surface area contributed by atoms with Crippen LogP contribution in [0.25, 0.3) is 0 Å². The van der Waals surface area contributed by atoms with Gasteiger partial charge in [-0.3, -0.25) is 19.2 Å². The summed E-state index contributed by atoms with van der Waals surface area (Å²) < 4.78 is 0. The Morgan fingerprint density at radius 2 is 1.58 bits per heavy atom. The number of amides is 3. The molecule has 0 aromatic heterocycles. The van der Waals surface area contributed by atoms with E-state index >= 15 is 0 Å². The zero-order chi connectivity index (χ0) is 23.4. The number of benzene rings is 2. The van der Waals surface area contributed by atoms with E-state index in [2.05, 4.69) is 0 Å². The Morgan fingerprint density at radius 3 is 2.15 bits per heavy atom. The molecule has 3 aliphatic rings. The van der Waals surface area contributed by atoms with Crippen molar-refractivity contribution in [1.82, 2.24) is 10.0 Å². The van der Waals surface area contributed by atoms with Crippen LogP contribution in [0, 0.1) is 23.7 Å². The molecule has 2 aliphatic carbocycles. The number of hydrogen-bond donors (Lipinski definition) is 0. The lowest BCUT2D eigenvalue weighted by molar-refractivity contribution is -0.157. The van der Waals surface area contributed by atoms with Crippen molar-refractivity contribution in [2.45, 2.75) is 19.4 Å². The zero-order valence-corrected chi connectivity index (χ0v) is 19.2. The van der Waals surface area contributed by atoms with Gasteiger partial charge in [-0.1, -0.05) is 65.7 Å². The van der Waals surface area contributed by atoms with E-state index in [9.17, 15) is 19.2 Å². The quantitative estimate of drug-likeness (QED) is 0.358. The topological polar surface area (TPSA) is 74.8 Å². The van der Waals surface area contributed by atoms with Crippen LogP contribution in [0.3, 0.4) is 0 Å². The molecule has 1 saturated heterocycles. The fourth-order valence-corrected chi connectivity index (χ4v) is 5.77. The first kappa shape index (κ1) is 21.9. The second-order valence-electron chi connectivity index (χ2n) is 8.67. The summed E-state index contributed by atoms with van der Waals surface area (Å²) in [5, 5.41) is 2.27. The maximum absolute atomic E-state index is 13.7. The molecule has 0 radical (unpaired) electrons. The van der Waals surface area contributed by atoms with Crippen molar-refractivity contribution in [3.05, 3.63) is 81.9 Å². The minimum Gasteiger partial charge on any atom is -0.292 e. The molecule has 0 N–H and O–H groups in total. The molecule has 2 bridgehead atoms. The maximum Gasteiger partial charge on any atom is 0.275 e. The number of imide groups is 1. The molecule has 0 unspecified atom stereocenters. The van der Waals surface area contributed by atoms with Crippen LogP contribution in [0.1, 0.15) is 34.1 Å². The number of hydrazine groups is 1. The third-order valence-electron chi connectivity index (χ3n) is 6.84. The molecular formula is C25H20Cl2N2O4. The number of ketones is 1. The minimum absolute atomic E-state index is 0.0300. The number of rotatable bonds is 5. The highest BCUT2D eigenvalue weighted by atomic mass is 35.5. The lowest BCUT2D eigenvalue weighted by Crippen LogP contribution is -2.57. The predicted molar refractivity (Wildman–Crippen MR) is 122 cm³/mol. The van der Waals surface area contributed by atoms with Gasteiger partial charge in [0.2, 0.25) is 0 Å². The van der Waals surface area contributed by atoms with Crippen molar-refractivity contribution in [1.29, 1.82) is 0 Å². The molecule has 1 heterocycles. The Morgan fingerprint density at radius 1 is 0.970 bits per heavy atom. The van der Waals surface area contributed by atoms with Crippen molar-refractivity contribution >= 4 is 46.7 Å². The molecule has 168 valence electrons. The molecule has 33 heavy (non-hydrogen) atoms. The molecule has 2 fully saturated rings. The van der Waals surface area contributed by atoms with Crippen molar-refractivity contribution in [3.63, 3.8) is 0 Å². The number of nitrogens with zero attached hydrogens (tertiary/aromatic N) is 2. The lowest BCUT2D eigenvalue weighted by Gasteiger charge is -2.35. The summed E-state index contributed by atoms with van der Waals surface area (Å²) >= 11 is 12.3. The Hall–Kier alpha value is -2.96. The summed E-state index contributed by atoms with van der Waals surface area (Å²) in [4.78, 5) is 54.0. The number of allylic oxidation sites excluding steroid dienone is 2. The van der Waals surface area contributed by atoms with E-state index in [1.165, 1.54) is 25.1 Å². The van der Waals surface area contributed by atoms with E-state index in [4.69, 9.17) is 23.2 Å². The van der Waals surface area contributed by atoms with Crippen LogP contribution >= 0.6 is 23.2 Å². The van der Waals surface area contributed by atoms with Gasteiger partial charge in [-0.25, -0.2) is 5.01 Å². The van der Waals surface area contributed by atoms with Crippen LogP contribution in [-0.2, 0) is 9.59 Å². The van der Waals surface area contributed by atoms with Crippen LogP contribution in [0.2, 0.25) is 10.0 Å². The van der Waals surface area contributed by atoms with Gasteiger partial charge in [0, 0.05) is 10.6 Å². The van der Waals surface area contributed by atoms with Crippen LogP contribution < -0.4 is 0 Å². The lowest BCUT2D eigenvalue weighted by atomic mass is 9.85. The Labute approximate surface area is 200 Å². The van der Waals surface area contributed by atoms with Gasteiger partial charge in [0.15, 0.2) is 5.78 Å². The highest BCUT2D eigenvalue weighted by Crippen LogP contribution is 2.53.